The molecule has 0 aliphatic rings. The quantitative estimate of drug-likeness (QED) is 0.490. The SMILES string of the molecule is O=C(OCc1ccc(Cl)cc1)c1cccc([N+](=O)[O-])c1. The third kappa shape index (κ3) is 3.55. The first kappa shape index (κ1) is 14.0. The van der Waals surface area contributed by atoms with Crippen LogP contribution in [0.5, 0.6) is 0 Å². The molecule has 0 saturated carbocycles. The van der Waals surface area contributed by atoms with E-state index in [1.165, 1.54) is 24.3 Å². The number of carbonyl (C=O) groups excluding carboxylic acids is 1. The number of nitro groups is 1. The van der Waals surface area contributed by atoms with Crippen molar-refractivity contribution in [3.63, 3.8) is 0 Å². The van der Waals surface area contributed by atoms with Gasteiger partial charge in [0.1, 0.15) is 6.61 Å². The number of rotatable bonds is 4. The molecule has 20 heavy (non-hydrogen) atoms. The summed E-state index contributed by atoms with van der Waals surface area (Å²) in [4.78, 5) is 21.9. The van der Waals surface area contributed by atoms with Crippen LogP contribution in [0.4, 0.5) is 5.69 Å². The van der Waals surface area contributed by atoms with Crippen LogP contribution in [0.2, 0.25) is 5.02 Å². The maximum atomic E-state index is 11.8. The van der Waals surface area contributed by atoms with Crippen LogP contribution in [0.25, 0.3) is 0 Å². The largest absolute Gasteiger partial charge is 0.457 e. The number of ether oxygens (including phenoxy) is 1. The topological polar surface area (TPSA) is 69.4 Å². The number of hydrogen-bond acceptors (Lipinski definition) is 4. The number of carbonyl (C=O) groups is 1. The van der Waals surface area contributed by atoms with Crippen LogP contribution in [0.3, 0.4) is 0 Å². The lowest BCUT2D eigenvalue weighted by atomic mass is 10.2. The minimum Gasteiger partial charge on any atom is -0.457 e. The average Bonchev–Trinajstić information content (AvgIpc) is 2.46. The summed E-state index contributed by atoms with van der Waals surface area (Å²) in [6.07, 6.45) is 0. The van der Waals surface area contributed by atoms with Crippen LogP contribution in [-0.2, 0) is 11.3 Å². The molecule has 2 aromatic carbocycles. The molecule has 0 aliphatic carbocycles. The molecule has 0 unspecified atom stereocenters. The van der Waals surface area contributed by atoms with Gasteiger partial charge in [0.25, 0.3) is 5.69 Å². The minimum atomic E-state index is -0.608. The minimum absolute atomic E-state index is 0.0820. The fourth-order valence-electron chi connectivity index (χ4n) is 1.56. The van der Waals surface area contributed by atoms with E-state index in [0.29, 0.717) is 5.02 Å². The Balaban J connectivity index is 2.03. The Morgan fingerprint density at radius 3 is 2.55 bits per heavy atom. The zero-order valence-corrected chi connectivity index (χ0v) is 11.0. The first-order valence-corrected chi connectivity index (χ1v) is 6.10. The van der Waals surface area contributed by atoms with E-state index in [0.717, 1.165) is 5.56 Å². The lowest BCUT2D eigenvalue weighted by molar-refractivity contribution is -0.384. The van der Waals surface area contributed by atoms with Crippen molar-refractivity contribution in [3.05, 3.63) is 74.8 Å². The Hall–Kier alpha value is -2.40. The van der Waals surface area contributed by atoms with Crippen molar-refractivity contribution in [2.45, 2.75) is 6.61 Å². The molecule has 0 spiro atoms. The van der Waals surface area contributed by atoms with Gasteiger partial charge >= 0.3 is 5.97 Å². The summed E-state index contributed by atoms with van der Waals surface area (Å²) < 4.78 is 5.08. The van der Waals surface area contributed by atoms with Crippen molar-refractivity contribution in [3.8, 4) is 0 Å². The van der Waals surface area contributed by atoms with Crippen LogP contribution >= 0.6 is 11.6 Å². The molecule has 0 aromatic heterocycles. The van der Waals surface area contributed by atoms with Crippen LogP contribution in [0.15, 0.2) is 48.5 Å². The van der Waals surface area contributed by atoms with Crippen LogP contribution in [0.1, 0.15) is 15.9 Å². The van der Waals surface area contributed by atoms with E-state index in [1.807, 2.05) is 0 Å². The number of benzene rings is 2. The molecular formula is C14H10ClNO4. The van der Waals surface area contributed by atoms with Crippen molar-refractivity contribution >= 4 is 23.3 Å². The number of esters is 1. The van der Waals surface area contributed by atoms with E-state index in [2.05, 4.69) is 0 Å². The number of nitrogens with zero attached hydrogens (tertiary/aromatic N) is 1. The zero-order valence-electron chi connectivity index (χ0n) is 10.3. The molecule has 0 saturated heterocycles. The van der Waals surface area contributed by atoms with Gasteiger partial charge in [0.2, 0.25) is 0 Å². The van der Waals surface area contributed by atoms with Crippen molar-refractivity contribution < 1.29 is 14.5 Å². The first-order valence-electron chi connectivity index (χ1n) is 5.72. The lowest BCUT2D eigenvalue weighted by Gasteiger charge is -2.05. The first-order chi connectivity index (χ1) is 9.56. The van der Waals surface area contributed by atoms with Crippen LogP contribution in [-0.4, -0.2) is 10.9 Å². The molecule has 0 heterocycles. The Morgan fingerprint density at radius 2 is 1.90 bits per heavy atom. The third-order valence-electron chi connectivity index (χ3n) is 2.58. The van der Waals surface area contributed by atoms with Gasteiger partial charge in [0.05, 0.1) is 10.5 Å². The standard InChI is InChI=1S/C14H10ClNO4/c15-12-6-4-10(5-7-12)9-20-14(17)11-2-1-3-13(8-11)16(18)19/h1-8H,9H2. The second kappa shape index (κ2) is 6.16. The predicted molar refractivity (Wildman–Crippen MR) is 73.7 cm³/mol. The summed E-state index contributed by atoms with van der Waals surface area (Å²) in [5.74, 6) is -0.608. The van der Waals surface area contributed by atoms with E-state index >= 15 is 0 Å². The molecular weight excluding hydrogens is 282 g/mol. The second-order valence-corrected chi connectivity index (χ2v) is 4.45. The Morgan fingerprint density at radius 1 is 1.20 bits per heavy atom. The molecule has 0 fully saturated rings. The van der Waals surface area contributed by atoms with Gasteiger partial charge in [-0.25, -0.2) is 4.79 Å². The van der Waals surface area contributed by atoms with Gasteiger partial charge in [-0.15, -0.1) is 0 Å². The molecule has 2 aromatic rings. The van der Waals surface area contributed by atoms with Gasteiger partial charge < -0.3 is 4.74 Å². The lowest BCUT2D eigenvalue weighted by Crippen LogP contribution is -2.05. The molecule has 0 amide bonds. The zero-order chi connectivity index (χ0) is 14.5. The second-order valence-electron chi connectivity index (χ2n) is 4.01. The Kier molecular flexibility index (Phi) is 4.32. The molecule has 102 valence electrons. The molecule has 2 rings (SSSR count). The maximum absolute atomic E-state index is 11.8. The Labute approximate surface area is 119 Å². The maximum Gasteiger partial charge on any atom is 0.338 e. The van der Waals surface area contributed by atoms with Gasteiger partial charge in [0.15, 0.2) is 0 Å². The highest BCUT2D eigenvalue weighted by Crippen LogP contribution is 2.15. The predicted octanol–water partition coefficient (Wildman–Crippen LogP) is 3.61. The van der Waals surface area contributed by atoms with Crippen molar-refractivity contribution in [2.75, 3.05) is 0 Å². The molecule has 6 heteroatoms. The average molecular weight is 292 g/mol. The van der Waals surface area contributed by atoms with Crippen molar-refractivity contribution in [1.82, 2.24) is 0 Å². The van der Waals surface area contributed by atoms with Gasteiger partial charge in [-0.3, -0.25) is 10.1 Å². The number of non-ortho nitro benzene ring substituents is 1. The van der Waals surface area contributed by atoms with Crippen LogP contribution in [0, 0.1) is 10.1 Å². The van der Waals surface area contributed by atoms with Gasteiger partial charge in [-0.2, -0.15) is 0 Å². The highest BCUT2D eigenvalue weighted by molar-refractivity contribution is 6.30. The van der Waals surface area contributed by atoms with Gasteiger partial charge in [-0.1, -0.05) is 29.8 Å². The number of nitro benzene ring substituents is 1. The molecule has 5 nitrogen and oxygen atoms in total. The summed E-state index contributed by atoms with van der Waals surface area (Å²) in [5, 5.41) is 11.2. The van der Waals surface area contributed by atoms with Crippen molar-refractivity contribution in [1.29, 1.82) is 0 Å². The summed E-state index contributed by atoms with van der Waals surface area (Å²) in [7, 11) is 0. The van der Waals surface area contributed by atoms with E-state index < -0.39 is 10.9 Å². The number of halogens is 1. The summed E-state index contributed by atoms with van der Waals surface area (Å²) in [5.41, 5.74) is 0.785. The molecule has 0 aliphatic heterocycles. The van der Waals surface area contributed by atoms with E-state index in [9.17, 15) is 14.9 Å². The summed E-state index contributed by atoms with van der Waals surface area (Å²) >= 11 is 5.75. The summed E-state index contributed by atoms with van der Waals surface area (Å²) in [6, 6.07) is 12.3. The highest BCUT2D eigenvalue weighted by atomic mass is 35.5. The molecule has 0 bridgehead atoms. The normalized spacial score (nSPS) is 10.1. The molecule has 0 radical (unpaired) electrons. The number of hydrogen-bond donors (Lipinski definition) is 0. The van der Waals surface area contributed by atoms with Crippen LogP contribution < -0.4 is 0 Å². The molecule has 0 N–H and O–H groups in total. The fraction of sp³-hybridized carbons (Fsp3) is 0.0714. The Bertz CT molecular complexity index is 640. The molecule has 0 atom stereocenters. The van der Waals surface area contributed by atoms with Gasteiger partial charge in [0, 0.05) is 17.2 Å². The summed E-state index contributed by atoms with van der Waals surface area (Å²) in [6.45, 7) is 0.0820. The smallest absolute Gasteiger partial charge is 0.338 e. The van der Waals surface area contributed by atoms with Crippen molar-refractivity contribution in [2.24, 2.45) is 0 Å². The fourth-order valence-corrected chi connectivity index (χ4v) is 1.69. The monoisotopic (exact) mass is 291 g/mol. The van der Waals surface area contributed by atoms with E-state index in [4.69, 9.17) is 16.3 Å². The van der Waals surface area contributed by atoms with Gasteiger partial charge in [-0.05, 0) is 23.8 Å². The van der Waals surface area contributed by atoms with E-state index in [-0.39, 0.29) is 17.9 Å². The van der Waals surface area contributed by atoms with E-state index in [1.54, 1.807) is 24.3 Å². The third-order valence-corrected chi connectivity index (χ3v) is 2.83. The highest BCUT2D eigenvalue weighted by Gasteiger charge is 2.12.